The maximum Gasteiger partial charge on any atom is 0.338 e. The molecule has 35 heavy (non-hydrogen) atoms. The van der Waals surface area contributed by atoms with Crippen molar-refractivity contribution < 1.29 is 29.0 Å². The number of ether oxygens (including phenoxy) is 2. The van der Waals surface area contributed by atoms with Gasteiger partial charge in [0.15, 0.2) is 0 Å². The number of hydrogen-bond acceptors (Lipinski definition) is 9. The van der Waals surface area contributed by atoms with Crippen LogP contribution in [0.25, 0.3) is 10.2 Å². The average molecular weight is 520 g/mol. The standard InChI is InChI=1S/C23H25N3O7S2/c1-3-33-22(31)13-5-7-14(8-6-13)25-17(29)12-34-23-18(21(30)24-9-4-10-32-2)19-20(35-23)15(27)11-16(28)26-19/h5-8,11H,3-4,9-10,12H2,1-2H3,(H,24,30)(H,25,29)(H2,26,27,28). The number of rotatable bonds is 11. The summed E-state index contributed by atoms with van der Waals surface area (Å²) in [5.41, 5.74) is 0.757. The van der Waals surface area contributed by atoms with Crippen molar-refractivity contribution in [2.75, 3.05) is 37.9 Å². The molecule has 0 atom stereocenters. The van der Waals surface area contributed by atoms with E-state index in [1.165, 1.54) is 0 Å². The molecule has 1 aromatic carbocycles. The van der Waals surface area contributed by atoms with E-state index in [0.29, 0.717) is 39.7 Å². The molecule has 2 heterocycles. The van der Waals surface area contributed by atoms with Gasteiger partial charge in [-0.1, -0.05) is 0 Å². The van der Waals surface area contributed by atoms with Crippen LogP contribution in [0.5, 0.6) is 5.75 Å². The van der Waals surface area contributed by atoms with E-state index < -0.39 is 17.4 Å². The second kappa shape index (κ2) is 12.4. The minimum atomic E-state index is -0.540. The lowest BCUT2D eigenvalue weighted by atomic mass is 10.2. The molecule has 0 bridgehead atoms. The molecule has 12 heteroatoms. The third-order valence-corrected chi connectivity index (χ3v) is 7.16. The number of hydrogen-bond donors (Lipinski definition) is 4. The topological polar surface area (TPSA) is 147 Å². The molecular formula is C23H25N3O7S2. The van der Waals surface area contributed by atoms with Crippen LogP contribution in [0.15, 0.2) is 39.3 Å². The summed E-state index contributed by atoms with van der Waals surface area (Å²) >= 11 is 2.23. The van der Waals surface area contributed by atoms with Crippen molar-refractivity contribution in [1.29, 1.82) is 0 Å². The van der Waals surface area contributed by atoms with Crippen LogP contribution in [-0.4, -0.2) is 60.5 Å². The summed E-state index contributed by atoms with van der Waals surface area (Å²) in [5, 5.41) is 15.7. The highest BCUT2D eigenvalue weighted by molar-refractivity contribution is 8.02. The van der Waals surface area contributed by atoms with Crippen LogP contribution >= 0.6 is 23.1 Å². The number of aromatic amines is 1. The van der Waals surface area contributed by atoms with Gasteiger partial charge < -0.3 is 30.2 Å². The lowest BCUT2D eigenvalue weighted by molar-refractivity contribution is -0.113. The normalized spacial score (nSPS) is 10.8. The molecule has 0 aliphatic rings. The zero-order valence-electron chi connectivity index (χ0n) is 19.1. The van der Waals surface area contributed by atoms with Crippen LogP contribution in [0.4, 0.5) is 5.69 Å². The highest BCUT2D eigenvalue weighted by Gasteiger charge is 2.23. The van der Waals surface area contributed by atoms with E-state index in [2.05, 4.69) is 15.6 Å². The molecule has 2 amide bonds. The minimum absolute atomic E-state index is 0.0264. The van der Waals surface area contributed by atoms with Gasteiger partial charge in [-0.2, -0.15) is 0 Å². The van der Waals surface area contributed by atoms with Gasteiger partial charge in [-0.05, 0) is 37.6 Å². The first kappa shape index (κ1) is 26.3. The quantitative estimate of drug-likeness (QED) is 0.172. The van der Waals surface area contributed by atoms with Crippen LogP contribution < -0.4 is 16.2 Å². The molecule has 186 valence electrons. The fourth-order valence-corrected chi connectivity index (χ4v) is 5.34. The number of carbonyl (C=O) groups is 3. The van der Waals surface area contributed by atoms with Crippen LogP contribution in [0, 0.1) is 0 Å². The number of amides is 2. The molecule has 2 aromatic heterocycles. The summed E-state index contributed by atoms with van der Waals surface area (Å²) in [6.45, 7) is 2.82. The summed E-state index contributed by atoms with van der Waals surface area (Å²) in [5.74, 6) is -1.46. The molecule has 0 aliphatic carbocycles. The van der Waals surface area contributed by atoms with E-state index >= 15 is 0 Å². The molecule has 0 radical (unpaired) electrons. The molecule has 0 aliphatic heterocycles. The highest BCUT2D eigenvalue weighted by atomic mass is 32.2. The number of methoxy groups -OCH3 is 1. The van der Waals surface area contributed by atoms with Gasteiger partial charge in [-0.15, -0.1) is 23.1 Å². The lowest BCUT2D eigenvalue weighted by Gasteiger charge is -2.08. The van der Waals surface area contributed by atoms with Gasteiger partial charge in [0.25, 0.3) is 11.5 Å². The van der Waals surface area contributed by atoms with Crippen molar-refractivity contribution in [3.05, 3.63) is 51.8 Å². The van der Waals surface area contributed by atoms with Crippen molar-refractivity contribution in [1.82, 2.24) is 10.3 Å². The van der Waals surface area contributed by atoms with E-state index in [4.69, 9.17) is 9.47 Å². The van der Waals surface area contributed by atoms with Gasteiger partial charge in [-0.25, -0.2) is 4.79 Å². The Bertz CT molecular complexity index is 1270. The van der Waals surface area contributed by atoms with Gasteiger partial charge in [-0.3, -0.25) is 14.4 Å². The Kier molecular flexibility index (Phi) is 9.29. The van der Waals surface area contributed by atoms with Crippen molar-refractivity contribution in [2.24, 2.45) is 0 Å². The van der Waals surface area contributed by atoms with Gasteiger partial charge in [0.05, 0.1) is 37.9 Å². The summed E-state index contributed by atoms with van der Waals surface area (Å²) in [7, 11) is 1.57. The molecule has 10 nitrogen and oxygen atoms in total. The van der Waals surface area contributed by atoms with Gasteiger partial charge in [0.1, 0.15) is 5.75 Å². The van der Waals surface area contributed by atoms with E-state index in [1.807, 2.05) is 0 Å². The number of aromatic hydroxyl groups is 1. The Morgan fingerprint density at radius 2 is 1.94 bits per heavy atom. The Morgan fingerprint density at radius 3 is 2.63 bits per heavy atom. The lowest BCUT2D eigenvalue weighted by Crippen LogP contribution is -2.26. The number of fused-ring (bicyclic) bond motifs is 1. The number of thiophene rings is 1. The van der Waals surface area contributed by atoms with Gasteiger partial charge in [0, 0.05) is 32.0 Å². The number of anilines is 1. The molecule has 0 saturated heterocycles. The third-order valence-electron chi connectivity index (χ3n) is 4.68. The van der Waals surface area contributed by atoms with Crippen LogP contribution in [0.2, 0.25) is 0 Å². The van der Waals surface area contributed by atoms with E-state index in [-0.39, 0.29) is 35.1 Å². The van der Waals surface area contributed by atoms with Crippen molar-refractivity contribution in [3.63, 3.8) is 0 Å². The molecule has 0 spiro atoms. The molecule has 3 aromatic rings. The van der Waals surface area contributed by atoms with E-state index in [9.17, 15) is 24.3 Å². The number of thioether (sulfide) groups is 1. The van der Waals surface area contributed by atoms with E-state index in [0.717, 1.165) is 29.2 Å². The largest absolute Gasteiger partial charge is 0.506 e. The van der Waals surface area contributed by atoms with Gasteiger partial charge >= 0.3 is 5.97 Å². The molecule has 3 rings (SSSR count). The SMILES string of the molecule is CCOC(=O)c1ccc(NC(=O)CSc2sc3c(O)cc(=O)[nH]c3c2C(=O)NCCCOC)cc1. The van der Waals surface area contributed by atoms with Crippen molar-refractivity contribution >= 4 is 56.8 Å². The maximum absolute atomic E-state index is 12.9. The van der Waals surface area contributed by atoms with Crippen LogP contribution in [0.3, 0.4) is 0 Å². The third kappa shape index (κ3) is 6.84. The summed E-state index contributed by atoms with van der Waals surface area (Å²) < 4.78 is 10.8. The second-order valence-electron chi connectivity index (χ2n) is 7.22. The number of nitrogens with one attached hydrogen (secondary N) is 3. The zero-order valence-corrected chi connectivity index (χ0v) is 20.8. The Morgan fingerprint density at radius 1 is 1.20 bits per heavy atom. The van der Waals surface area contributed by atoms with Crippen LogP contribution in [0.1, 0.15) is 34.1 Å². The number of pyridine rings is 1. The molecule has 0 saturated carbocycles. The molecular weight excluding hydrogens is 494 g/mol. The molecule has 0 unspecified atom stereocenters. The Hall–Kier alpha value is -3.35. The number of esters is 1. The summed E-state index contributed by atoms with van der Waals surface area (Å²) in [6.07, 6.45) is 0.603. The fourth-order valence-electron chi connectivity index (χ4n) is 3.11. The van der Waals surface area contributed by atoms with Crippen molar-refractivity contribution in [3.8, 4) is 5.75 Å². The maximum atomic E-state index is 12.9. The predicted octanol–water partition coefficient (Wildman–Crippen LogP) is 2.97. The first-order valence-electron chi connectivity index (χ1n) is 10.7. The number of carbonyl (C=O) groups excluding carboxylic acids is 3. The summed E-state index contributed by atoms with van der Waals surface area (Å²) in [4.78, 5) is 51.7. The zero-order chi connectivity index (χ0) is 25.4. The van der Waals surface area contributed by atoms with E-state index in [1.54, 1.807) is 38.3 Å². The van der Waals surface area contributed by atoms with Crippen LogP contribution in [-0.2, 0) is 14.3 Å². The van der Waals surface area contributed by atoms with Gasteiger partial charge in [0.2, 0.25) is 5.91 Å². The number of benzene rings is 1. The predicted molar refractivity (Wildman–Crippen MR) is 135 cm³/mol. The number of aromatic nitrogens is 1. The average Bonchev–Trinajstić information content (AvgIpc) is 3.20. The first-order valence-corrected chi connectivity index (χ1v) is 12.5. The minimum Gasteiger partial charge on any atom is -0.506 e. The fraction of sp³-hybridized carbons (Fsp3) is 0.304. The molecule has 4 N–H and O–H groups in total. The Balaban J connectivity index is 1.73. The first-order chi connectivity index (χ1) is 16.8. The highest BCUT2D eigenvalue weighted by Crippen LogP contribution is 2.40. The number of H-pyrrole nitrogens is 1. The monoisotopic (exact) mass is 519 g/mol. The Labute approximate surface area is 209 Å². The van der Waals surface area contributed by atoms with Crippen molar-refractivity contribution in [2.45, 2.75) is 17.6 Å². The summed E-state index contributed by atoms with van der Waals surface area (Å²) in [6, 6.07) is 7.34. The smallest absolute Gasteiger partial charge is 0.338 e. The second-order valence-corrected chi connectivity index (χ2v) is 9.49. The molecule has 0 fully saturated rings.